The fraction of sp³-hybridized carbons (Fsp3) is 0.333. The minimum atomic E-state index is -0.0275. The van der Waals surface area contributed by atoms with E-state index in [1.807, 2.05) is 54.0 Å². The van der Waals surface area contributed by atoms with Crippen molar-refractivity contribution in [2.75, 3.05) is 13.1 Å². The van der Waals surface area contributed by atoms with Crippen LogP contribution in [0.3, 0.4) is 0 Å². The van der Waals surface area contributed by atoms with Crippen LogP contribution in [0.2, 0.25) is 0 Å². The third kappa shape index (κ3) is 3.48. The number of carbonyl (C=O) groups excluding carboxylic acids is 1. The molecule has 1 aliphatic rings. The van der Waals surface area contributed by atoms with Crippen LogP contribution in [-0.4, -0.2) is 28.4 Å². The number of imidazole rings is 1. The summed E-state index contributed by atoms with van der Waals surface area (Å²) in [4.78, 5) is 17.4. The fourth-order valence-corrected chi connectivity index (χ4v) is 3.68. The van der Waals surface area contributed by atoms with E-state index in [9.17, 15) is 4.79 Å². The lowest BCUT2D eigenvalue weighted by molar-refractivity contribution is 0.0949. The van der Waals surface area contributed by atoms with Gasteiger partial charge < -0.3 is 15.0 Å². The topological polar surface area (TPSA) is 58.4 Å². The third-order valence-corrected chi connectivity index (χ3v) is 5.09. The first kappa shape index (κ1) is 16.8. The maximum absolute atomic E-state index is 12.7. The zero-order chi connectivity index (χ0) is 17.9. The zero-order valence-electron chi connectivity index (χ0n) is 15.0. The van der Waals surface area contributed by atoms with Gasteiger partial charge in [-0.3, -0.25) is 4.79 Å². The van der Waals surface area contributed by atoms with Crippen molar-refractivity contribution in [3.05, 3.63) is 71.2 Å². The molecule has 0 spiro atoms. The van der Waals surface area contributed by atoms with Gasteiger partial charge >= 0.3 is 0 Å². The molecule has 0 aliphatic carbocycles. The predicted molar refractivity (Wildman–Crippen MR) is 102 cm³/mol. The molecule has 134 valence electrons. The number of nitrogens with zero attached hydrogens (tertiary/aromatic N) is 2. The van der Waals surface area contributed by atoms with Gasteiger partial charge in [0.15, 0.2) is 0 Å². The first-order valence-corrected chi connectivity index (χ1v) is 9.21. The highest BCUT2D eigenvalue weighted by molar-refractivity contribution is 5.95. The summed E-state index contributed by atoms with van der Waals surface area (Å²) >= 11 is 0. The quantitative estimate of drug-likeness (QED) is 0.745. The number of aromatic nitrogens is 2. The molecule has 1 fully saturated rings. The number of fused-ring (bicyclic) bond motifs is 1. The number of nitrogens with one attached hydrogen (secondary N) is 2. The van der Waals surface area contributed by atoms with E-state index in [0.29, 0.717) is 12.5 Å². The highest BCUT2D eigenvalue weighted by Crippen LogP contribution is 2.18. The molecule has 2 aromatic heterocycles. The van der Waals surface area contributed by atoms with Crippen molar-refractivity contribution in [2.45, 2.75) is 26.3 Å². The van der Waals surface area contributed by atoms with Gasteiger partial charge in [0.05, 0.1) is 12.2 Å². The average Bonchev–Trinajstić information content (AvgIpc) is 3.30. The first-order chi connectivity index (χ1) is 12.7. The van der Waals surface area contributed by atoms with Gasteiger partial charge in [0.2, 0.25) is 0 Å². The molecule has 1 amide bonds. The monoisotopic (exact) mass is 348 g/mol. The number of amides is 1. The molecule has 1 unspecified atom stereocenters. The Labute approximate surface area is 153 Å². The molecule has 1 aliphatic heterocycles. The van der Waals surface area contributed by atoms with Gasteiger partial charge in [-0.2, -0.15) is 0 Å². The second kappa shape index (κ2) is 7.30. The Kier molecular flexibility index (Phi) is 4.71. The first-order valence-electron chi connectivity index (χ1n) is 9.21. The Hall–Kier alpha value is -2.66. The van der Waals surface area contributed by atoms with Gasteiger partial charge in [0.25, 0.3) is 5.91 Å². The van der Waals surface area contributed by atoms with Crippen LogP contribution in [0.15, 0.2) is 48.8 Å². The van der Waals surface area contributed by atoms with Crippen molar-refractivity contribution >= 4 is 11.6 Å². The molecule has 26 heavy (non-hydrogen) atoms. The van der Waals surface area contributed by atoms with Crippen LogP contribution in [0.25, 0.3) is 5.65 Å². The van der Waals surface area contributed by atoms with E-state index in [2.05, 4.69) is 21.7 Å². The summed E-state index contributed by atoms with van der Waals surface area (Å²) < 4.78 is 2.00. The molecular formula is C21H24N4O. The van der Waals surface area contributed by atoms with Crippen LogP contribution in [-0.2, 0) is 13.0 Å². The number of hydrogen-bond acceptors (Lipinski definition) is 3. The lowest BCUT2D eigenvalue weighted by Gasteiger charge is -2.13. The van der Waals surface area contributed by atoms with Crippen molar-refractivity contribution in [1.29, 1.82) is 0 Å². The number of carbonyl (C=O) groups is 1. The Morgan fingerprint density at radius 3 is 3.00 bits per heavy atom. The van der Waals surface area contributed by atoms with Crippen LogP contribution in [0.5, 0.6) is 0 Å². The van der Waals surface area contributed by atoms with Gasteiger partial charge in [-0.25, -0.2) is 4.98 Å². The Morgan fingerprint density at radius 2 is 2.19 bits per heavy atom. The van der Waals surface area contributed by atoms with E-state index in [0.717, 1.165) is 47.5 Å². The molecule has 3 heterocycles. The molecule has 4 rings (SSSR count). The molecule has 3 aromatic rings. The summed E-state index contributed by atoms with van der Waals surface area (Å²) in [5.74, 6) is 0.589. The highest BCUT2D eigenvalue weighted by Gasteiger charge is 2.18. The third-order valence-electron chi connectivity index (χ3n) is 5.09. The molecule has 1 atom stereocenters. The lowest BCUT2D eigenvalue weighted by atomic mass is 9.94. The van der Waals surface area contributed by atoms with Crippen molar-refractivity contribution in [1.82, 2.24) is 20.0 Å². The SMILES string of the molecule is Cc1cccn2cc(CNC(=O)c3ccccc3CC3CCNC3)nc12. The summed E-state index contributed by atoms with van der Waals surface area (Å²) in [6.45, 7) is 4.58. The standard InChI is InChI=1S/C21H24N4O/c1-15-5-4-10-25-14-18(24-20(15)25)13-23-21(26)19-7-3-2-6-17(19)11-16-8-9-22-12-16/h2-7,10,14,16,22H,8-9,11-13H2,1H3,(H,23,26). The number of benzene rings is 1. The Bertz CT molecular complexity index is 925. The van der Waals surface area contributed by atoms with Crippen molar-refractivity contribution < 1.29 is 4.79 Å². The van der Waals surface area contributed by atoms with Gasteiger partial charge in [-0.05, 0) is 62.0 Å². The van der Waals surface area contributed by atoms with E-state index in [4.69, 9.17) is 0 Å². The fourth-order valence-electron chi connectivity index (χ4n) is 3.68. The summed E-state index contributed by atoms with van der Waals surface area (Å²) in [7, 11) is 0. The molecule has 2 N–H and O–H groups in total. The van der Waals surface area contributed by atoms with Crippen LogP contribution in [0.1, 0.15) is 33.6 Å². The van der Waals surface area contributed by atoms with Crippen molar-refractivity contribution in [3.8, 4) is 0 Å². The largest absolute Gasteiger partial charge is 0.346 e. The van der Waals surface area contributed by atoms with Gasteiger partial charge in [-0.15, -0.1) is 0 Å². The summed E-state index contributed by atoms with van der Waals surface area (Å²) in [6, 6.07) is 12.0. The molecular weight excluding hydrogens is 324 g/mol. The lowest BCUT2D eigenvalue weighted by Crippen LogP contribution is -2.24. The minimum absolute atomic E-state index is 0.0275. The normalized spacial score (nSPS) is 16.9. The smallest absolute Gasteiger partial charge is 0.251 e. The molecule has 1 saturated heterocycles. The molecule has 0 saturated carbocycles. The molecule has 0 bridgehead atoms. The van der Waals surface area contributed by atoms with Crippen molar-refractivity contribution in [3.63, 3.8) is 0 Å². The van der Waals surface area contributed by atoms with E-state index in [-0.39, 0.29) is 5.91 Å². The van der Waals surface area contributed by atoms with E-state index < -0.39 is 0 Å². The second-order valence-corrected chi connectivity index (χ2v) is 7.06. The van der Waals surface area contributed by atoms with Crippen LogP contribution in [0.4, 0.5) is 0 Å². The van der Waals surface area contributed by atoms with Crippen LogP contribution < -0.4 is 10.6 Å². The van der Waals surface area contributed by atoms with Gasteiger partial charge in [0, 0.05) is 18.0 Å². The summed E-state index contributed by atoms with van der Waals surface area (Å²) in [6.07, 6.45) is 6.07. The molecule has 5 heteroatoms. The molecule has 0 radical (unpaired) electrons. The number of aryl methyl sites for hydroxylation is 1. The minimum Gasteiger partial charge on any atom is -0.346 e. The summed E-state index contributed by atoms with van der Waals surface area (Å²) in [5.41, 5.74) is 4.83. The Morgan fingerprint density at radius 1 is 1.31 bits per heavy atom. The predicted octanol–water partition coefficient (Wildman–Crippen LogP) is 2.72. The van der Waals surface area contributed by atoms with Crippen LogP contribution in [0, 0.1) is 12.8 Å². The van der Waals surface area contributed by atoms with Gasteiger partial charge in [0.1, 0.15) is 5.65 Å². The van der Waals surface area contributed by atoms with E-state index in [1.54, 1.807) is 0 Å². The van der Waals surface area contributed by atoms with Crippen LogP contribution >= 0.6 is 0 Å². The number of rotatable bonds is 5. The number of hydrogen-bond donors (Lipinski definition) is 2. The van der Waals surface area contributed by atoms with Crippen molar-refractivity contribution in [2.24, 2.45) is 5.92 Å². The van der Waals surface area contributed by atoms with Gasteiger partial charge in [-0.1, -0.05) is 24.3 Å². The molecule has 1 aromatic carbocycles. The average molecular weight is 348 g/mol. The number of pyridine rings is 1. The Balaban J connectivity index is 1.46. The molecule has 5 nitrogen and oxygen atoms in total. The summed E-state index contributed by atoms with van der Waals surface area (Å²) in [5, 5.41) is 6.42. The van der Waals surface area contributed by atoms with E-state index in [1.165, 1.54) is 6.42 Å². The maximum atomic E-state index is 12.7. The zero-order valence-corrected chi connectivity index (χ0v) is 15.0. The maximum Gasteiger partial charge on any atom is 0.251 e. The highest BCUT2D eigenvalue weighted by atomic mass is 16.1. The second-order valence-electron chi connectivity index (χ2n) is 7.06. The van der Waals surface area contributed by atoms with E-state index >= 15 is 0 Å².